The molecule has 3 N–H and O–H groups in total. The summed E-state index contributed by atoms with van der Waals surface area (Å²) in [5.41, 5.74) is 6.86. The van der Waals surface area contributed by atoms with Crippen LogP contribution in [0.25, 0.3) is 0 Å². The largest absolute Gasteiger partial charge is 0.435 e. The normalized spacial score (nSPS) is 10.4. The third-order valence-electron chi connectivity index (χ3n) is 2.60. The molecule has 0 unspecified atom stereocenters. The first kappa shape index (κ1) is 14.5. The molecule has 0 amide bonds. The number of nitrogens with zero attached hydrogens (tertiary/aromatic N) is 1. The van der Waals surface area contributed by atoms with E-state index in [-0.39, 0.29) is 17.1 Å². The second-order valence-electron chi connectivity index (χ2n) is 4.06. The van der Waals surface area contributed by atoms with E-state index in [1.807, 2.05) is 0 Å². The van der Waals surface area contributed by atoms with E-state index >= 15 is 0 Å². The van der Waals surface area contributed by atoms with Gasteiger partial charge in [0.2, 0.25) is 0 Å². The number of nitrogens with one attached hydrogen (secondary N) is 1. The molecular formula is C13H11F2N3O3. The number of ether oxygens (including phenoxy) is 1. The van der Waals surface area contributed by atoms with Crippen LogP contribution >= 0.6 is 0 Å². The zero-order valence-corrected chi connectivity index (χ0v) is 10.6. The van der Waals surface area contributed by atoms with Crippen molar-refractivity contribution in [1.29, 1.82) is 0 Å². The van der Waals surface area contributed by atoms with Crippen LogP contribution in [-0.2, 0) is 0 Å². The fraction of sp³-hybridized carbons (Fsp3) is 0.0769. The van der Waals surface area contributed by atoms with Crippen LogP contribution < -0.4 is 15.8 Å². The Morgan fingerprint density at radius 3 is 2.38 bits per heavy atom. The molecule has 6 nitrogen and oxygen atoms in total. The van der Waals surface area contributed by atoms with Gasteiger partial charge in [-0.2, -0.15) is 8.78 Å². The van der Waals surface area contributed by atoms with Crippen LogP contribution in [0.5, 0.6) is 5.75 Å². The maximum Gasteiger partial charge on any atom is 0.387 e. The van der Waals surface area contributed by atoms with Gasteiger partial charge in [-0.15, -0.1) is 0 Å². The number of rotatable bonds is 5. The minimum Gasteiger partial charge on any atom is -0.435 e. The van der Waals surface area contributed by atoms with Gasteiger partial charge in [-0.25, -0.2) is 0 Å². The Balaban J connectivity index is 2.13. The summed E-state index contributed by atoms with van der Waals surface area (Å²) in [5.74, 6) is 0.0345. The van der Waals surface area contributed by atoms with Gasteiger partial charge in [0.15, 0.2) is 0 Å². The van der Waals surface area contributed by atoms with Gasteiger partial charge in [-0.3, -0.25) is 10.1 Å². The number of anilines is 3. The Hall–Kier alpha value is -2.90. The molecule has 2 rings (SSSR count). The van der Waals surface area contributed by atoms with Crippen LogP contribution in [0.15, 0.2) is 42.5 Å². The fourth-order valence-corrected chi connectivity index (χ4v) is 1.65. The highest BCUT2D eigenvalue weighted by Crippen LogP contribution is 2.28. The van der Waals surface area contributed by atoms with Gasteiger partial charge in [-0.1, -0.05) is 0 Å². The lowest BCUT2D eigenvalue weighted by Gasteiger charge is -2.10. The van der Waals surface area contributed by atoms with Crippen molar-refractivity contribution >= 4 is 22.7 Å². The SMILES string of the molecule is Nc1cc([N+](=O)[O-])ccc1Nc1ccc(OC(F)F)cc1. The number of nitro groups is 1. The fourth-order valence-electron chi connectivity index (χ4n) is 1.65. The highest BCUT2D eigenvalue weighted by molar-refractivity contribution is 5.74. The molecular weight excluding hydrogens is 284 g/mol. The van der Waals surface area contributed by atoms with Crippen LogP contribution in [0.1, 0.15) is 0 Å². The Morgan fingerprint density at radius 2 is 1.86 bits per heavy atom. The molecule has 0 atom stereocenters. The van der Waals surface area contributed by atoms with Gasteiger partial charge < -0.3 is 15.8 Å². The van der Waals surface area contributed by atoms with E-state index in [1.165, 1.54) is 42.5 Å². The predicted molar refractivity (Wildman–Crippen MR) is 73.9 cm³/mol. The first-order valence-electron chi connectivity index (χ1n) is 5.81. The van der Waals surface area contributed by atoms with Crippen molar-refractivity contribution in [2.75, 3.05) is 11.1 Å². The lowest BCUT2D eigenvalue weighted by atomic mass is 10.2. The number of benzene rings is 2. The molecule has 2 aromatic carbocycles. The summed E-state index contributed by atoms with van der Waals surface area (Å²) in [4.78, 5) is 10.1. The number of halogens is 2. The lowest BCUT2D eigenvalue weighted by molar-refractivity contribution is -0.384. The Labute approximate surface area is 118 Å². The summed E-state index contributed by atoms with van der Waals surface area (Å²) >= 11 is 0. The van der Waals surface area contributed by atoms with Crippen molar-refractivity contribution in [2.45, 2.75) is 6.61 Å². The number of non-ortho nitro benzene ring substituents is 1. The number of hydrogen-bond acceptors (Lipinski definition) is 5. The zero-order chi connectivity index (χ0) is 15.4. The molecule has 0 radical (unpaired) electrons. The van der Waals surface area contributed by atoms with Crippen molar-refractivity contribution in [2.24, 2.45) is 0 Å². The number of hydrogen-bond donors (Lipinski definition) is 2. The van der Waals surface area contributed by atoms with Crippen molar-refractivity contribution in [3.63, 3.8) is 0 Å². The second kappa shape index (κ2) is 6.04. The Morgan fingerprint density at radius 1 is 1.19 bits per heavy atom. The van der Waals surface area contributed by atoms with Crippen LogP contribution in [0.2, 0.25) is 0 Å². The summed E-state index contributed by atoms with van der Waals surface area (Å²) in [7, 11) is 0. The Bertz CT molecular complexity index is 648. The monoisotopic (exact) mass is 295 g/mol. The minimum absolute atomic E-state index is 0.0345. The lowest BCUT2D eigenvalue weighted by Crippen LogP contribution is -2.02. The van der Waals surface area contributed by atoms with Gasteiger partial charge in [0.25, 0.3) is 5.69 Å². The van der Waals surface area contributed by atoms with Crippen molar-refractivity contribution in [1.82, 2.24) is 0 Å². The van der Waals surface area contributed by atoms with E-state index in [4.69, 9.17) is 5.73 Å². The van der Waals surface area contributed by atoms with Gasteiger partial charge in [-0.05, 0) is 30.3 Å². The zero-order valence-electron chi connectivity index (χ0n) is 10.6. The maximum absolute atomic E-state index is 12.0. The van der Waals surface area contributed by atoms with Crippen molar-refractivity contribution in [3.05, 3.63) is 52.6 Å². The molecule has 110 valence electrons. The summed E-state index contributed by atoms with van der Waals surface area (Å²) in [6, 6.07) is 9.81. The Kier molecular flexibility index (Phi) is 4.17. The molecule has 0 bridgehead atoms. The molecule has 8 heteroatoms. The predicted octanol–water partition coefficient (Wildman–Crippen LogP) is 3.52. The summed E-state index contributed by atoms with van der Waals surface area (Å²) < 4.78 is 28.3. The minimum atomic E-state index is -2.88. The molecule has 21 heavy (non-hydrogen) atoms. The first-order chi connectivity index (χ1) is 9.95. The molecule has 2 aromatic rings. The molecule has 0 saturated carbocycles. The highest BCUT2D eigenvalue weighted by Gasteiger charge is 2.09. The maximum atomic E-state index is 12.0. The van der Waals surface area contributed by atoms with Gasteiger partial charge in [0.05, 0.1) is 16.3 Å². The van der Waals surface area contributed by atoms with Crippen LogP contribution in [0, 0.1) is 10.1 Å². The molecule has 0 saturated heterocycles. The number of nitrogens with two attached hydrogens (primary N) is 1. The van der Waals surface area contributed by atoms with Crippen LogP contribution in [0.3, 0.4) is 0 Å². The van der Waals surface area contributed by atoms with E-state index in [9.17, 15) is 18.9 Å². The molecule has 0 aromatic heterocycles. The quantitative estimate of drug-likeness (QED) is 0.500. The average Bonchev–Trinajstić information content (AvgIpc) is 2.42. The standard InChI is InChI=1S/C13H11F2N3O3/c14-13(15)21-10-4-1-8(2-5-10)17-12-6-3-9(18(19)20)7-11(12)16/h1-7,13,17H,16H2. The summed E-state index contributed by atoms with van der Waals surface area (Å²) in [6.07, 6.45) is 0. The third-order valence-corrected chi connectivity index (χ3v) is 2.60. The average molecular weight is 295 g/mol. The number of nitro benzene ring substituents is 1. The first-order valence-corrected chi connectivity index (χ1v) is 5.81. The smallest absolute Gasteiger partial charge is 0.387 e. The van der Waals surface area contributed by atoms with E-state index in [0.29, 0.717) is 11.4 Å². The van der Waals surface area contributed by atoms with Crippen LogP contribution in [0.4, 0.5) is 31.5 Å². The van der Waals surface area contributed by atoms with Crippen molar-refractivity contribution < 1.29 is 18.4 Å². The van der Waals surface area contributed by atoms with E-state index in [2.05, 4.69) is 10.1 Å². The van der Waals surface area contributed by atoms with Gasteiger partial charge >= 0.3 is 6.61 Å². The molecule has 0 aliphatic heterocycles. The van der Waals surface area contributed by atoms with E-state index < -0.39 is 11.5 Å². The second-order valence-corrected chi connectivity index (χ2v) is 4.06. The number of nitrogen functional groups attached to an aromatic ring is 1. The third kappa shape index (κ3) is 3.78. The number of alkyl halides is 2. The van der Waals surface area contributed by atoms with Crippen LogP contribution in [-0.4, -0.2) is 11.5 Å². The molecule has 0 aliphatic rings. The molecule has 0 spiro atoms. The van der Waals surface area contributed by atoms with Gasteiger partial charge in [0.1, 0.15) is 5.75 Å². The van der Waals surface area contributed by atoms with Gasteiger partial charge in [0, 0.05) is 17.8 Å². The topological polar surface area (TPSA) is 90.4 Å². The molecule has 0 aliphatic carbocycles. The summed E-state index contributed by atoms with van der Waals surface area (Å²) in [5, 5.41) is 13.5. The summed E-state index contributed by atoms with van der Waals surface area (Å²) in [6.45, 7) is -2.88. The molecule has 0 fully saturated rings. The van der Waals surface area contributed by atoms with Crippen molar-refractivity contribution in [3.8, 4) is 5.75 Å². The van der Waals surface area contributed by atoms with E-state index in [1.54, 1.807) is 0 Å². The van der Waals surface area contributed by atoms with E-state index in [0.717, 1.165) is 0 Å². The highest BCUT2D eigenvalue weighted by atomic mass is 19.3. The molecule has 0 heterocycles.